The van der Waals surface area contributed by atoms with Crippen molar-refractivity contribution in [3.8, 4) is 11.6 Å². The molecule has 0 saturated heterocycles. The number of hydrogen-bond donors (Lipinski definition) is 1. The summed E-state index contributed by atoms with van der Waals surface area (Å²) >= 11 is 4.93. The van der Waals surface area contributed by atoms with Gasteiger partial charge in [-0.2, -0.15) is 5.10 Å². The van der Waals surface area contributed by atoms with Crippen molar-refractivity contribution >= 4 is 17.2 Å². The number of hydrogen-bond acceptors (Lipinski definition) is 4. The van der Waals surface area contributed by atoms with Gasteiger partial charge in [0, 0.05) is 24.4 Å². The molecule has 2 heterocycles. The molecule has 0 amide bonds. The molecular weight excluding hydrogens is 236 g/mol. The van der Waals surface area contributed by atoms with Crippen molar-refractivity contribution in [1.82, 2.24) is 14.8 Å². The fourth-order valence-corrected chi connectivity index (χ4v) is 1.52. The summed E-state index contributed by atoms with van der Waals surface area (Å²) in [6.45, 7) is 1.86. The maximum absolute atomic E-state index is 5.58. The summed E-state index contributed by atoms with van der Waals surface area (Å²) in [5.41, 5.74) is 7.12. The van der Waals surface area contributed by atoms with Crippen LogP contribution in [-0.4, -0.2) is 19.8 Å². The van der Waals surface area contributed by atoms with Crippen molar-refractivity contribution < 1.29 is 4.74 Å². The predicted molar refractivity (Wildman–Crippen MR) is 68.1 cm³/mol. The number of thiocarbonyl (C=S) groups is 1. The van der Waals surface area contributed by atoms with E-state index in [1.165, 1.54) is 0 Å². The molecule has 2 rings (SSSR count). The monoisotopic (exact) mass is 248 g/mol. The average molecular weight is 248 g/mol. The molecule has 0 aromatic carbocycles. The summed E-state index contributed by atoms with van der Waals surface area (Å²) in [5.74, 6) is 1.08. The smallest absolute Gasteiger partial charge is 0.220 e. The topological polar surface area (TPSA) is 66.0 Å². The van der Waals surface area contributed by atoms with Gasteiger partial charge in [0.05, 0.1) is 12.4 Å². The van der Waals surface area contributed by atoms with Crippen LogP contribution in [0, 0.1) is 6.92 Å². The standard InChI is InChI=1S/C11H12N4OS/c1-7-3-8(11(12)17)4-10(14-7)16-9-5-13-15(2)6-9/h3-6H,1-2H3,(H2,12,17). The second kappa shape index (κ2) is 4.50. The van der Waals surface area contributed by atoms with Gasteiger partial charge in [-0.3, -0.25) is 4.68 Å². The molecule has 0 atom stereocenters. The minimum absolute atomic E-state index is 0.325. The molecule has 2 aromatic rings. The van der Waals surface area contributed by atoms with Crippen molar-refractivity contribution in [2.45, 2.75) is 6.92 Å². The van der Waals surface area contributed by atoms with E-state index in [1.54, 1.807) is 23.1 Å². The van der Waals surface area contributed by atoms with Gasteiger partial charge in [-0.15, -0.1) is 0 Å². The first-order chi connectivity index (χ1) is 8.04. The van der Waals surface area contributed by atoms with Crippen molar-refractivity contribution in [2.24, 2.45) is 12.8 Å². The minimum Gasteiger partial charge on any atom is -0.436 e. The molecule has 0 aliphatic carbocycles. The van der Waals surface area contributed by atoms with E-state index in [0.29, 0.717) is 16.6 Å². The number of nitrogens with zero attached hydrogens (tertiary/aromatic N) is 3. The van der Waals surface area contributed by atoms with Crippen LogP contribution in [0.5, 0.6) is 11.6 Å². The largest absolute Gasteiger partial charge is 0.436 e. The lowest BCUT2D eigenvalue weighted by molar-refractivity contribution is 0.461. The van der Waals surface area contributed by atoms with Crippen LogP contribution in [-0.2, 0) is 7.05 Å². The van der Waals surface area contributed by atoms with E-state index in [9.17, 15) is 0 Å². The van der Waals surface area contributed by atoms with E-state index in [4.69, 9.17) is 22.7 Å². The summed E-state index contributed by atoms with van der Waals surface area (Å²) in [6, 6.07) is 3.53. The molecule has 17 heavy (non-hydrogen) atoms. The Bertz CT molecular complexity index is 564. The number of aryl methyl sites for hydroxylation is 2. The molecule has 88 valence electrons. The van der Waals surface area contributed by atoms with Crippen LogP contribution in [0.2, 0.25) is 0 Å². The summed E-state index contributed by atoms with van der Waals surface area (Å²) in [4.78, 5) is 4.57. The number of pyridine rings is 1. The van der Waals surface area contributed by atoms with Crippen molar-refractivity contribution in [2.75, 3.05) is 0 Å². The van der Waals surface area contributed by atoms with Crippen LogP contribution in [0.3, 0.4) is 0 Å². The maximum atomic E-state index is 5.58. The molecular formula is C11H12N4OS. The Morgan fingerprint density at radius 2 is 2.24 bits per heavy atom. The van der Waals surface area contributed by atoms with Gasteiger partial charge in [-0.05, 0) is 13.0 Å². The fraction of sp³-hybridized carbons (Fsp3) is 0.182. The Morgan fingerprint density at radius 3 is 2.82 bits per heavy atom. The molecule has 2 aromatic heterocycles. The zero-order valence-corrected chi connectivity index (χ0v) is 10.4. The molecule has 0 aliphatic rings. The van der Waals surface area contributed by atoms with Gasteiger partial charge < -0.3 is 10.5 Å². The third-order valence-electron chi connectivity index (χ3n) is 2.12. The summed E-state index contributed by atoms with van der Waals surface area (Å²) < 4.78 is 7.21. The van der Waals surface area contributed by atoms with E-state index in [2.05, 4.69) is 10.1 Å². The Hall–Kier alpha value is -1.95. The summed E-state index contributed by atoms with van der Waals surface area (Å²) in [6.07, 6.45) is 3.37. The molecule has 2 N–H and O–H groups in total. The summed E-state index contributed by atoms with van der Waals surface area (Å²) in [5, 5.41) is 4.01. The Balaban J connectivity index is 2.29. The van der Waals surface area contributed by atoms with Gasteiger partial charge in [-0.25, -0.2) is 4.98 Å². The van der Waals surface area contributed by atoms with Crippen LogP contribution in [0.1, 0.15) is 11.3 Å². The van der Waals surface area contributed by atoms with Crippen LogP contribution >= 0.6 is 12.2 Å². The Morgan fingerprint density at radius 1 is 1.47 bits per heavy atom. The molecule has 0 fully saturated rings. The van der Waals surface area contributed by atoms with E-state index in [-0.39, 0.29) is 0 Å². The van der Waals surface area contributed by atoms with Crippen molar-refractivity contribution in [1.29, 1.82) is 0 Å². The van der Waals surface area contributed by atoms with E-state index < -0.39 is 0 Å². The molecule has 0 saturated carbocycles. The molecule has 0 aliphatic heterocycles. The quantitative estimate of drug-likeness (QED) is 0.835. The lowest BCUT2D eigenvalue weighted by atomic mass is 10.2. The second-order valence-corrected chi connectivity index (χ2v) is 4.09. The van der Waals surface area contributed by atoms with Crippen molar-refractivity contribution in [3.63, 3.8) is 0 Å². The van der Waals surface area contributed by atoms with Gasteiger partial charge in [0.1, 0.15) is 4.99 Å². The highest BCUT2D eigenvalue weighted by Gasteiger charge is 2.05. The first-order valence-corrected chi connectivity index (χ1v) is 5.40. The lowest BCUT2D eigenvalue weighted by Crippen LogP contribution is -2.10. The average Bonchev–Trinajstić information content (AvgIpc) is 2.63. The first-order valence-electron chi connectivity index (χ1n) is 4.99. The van der Waals surface area contributed by atoms with Crippen LogP contribution < -0.4 is 10.5 Å². The SMILES string of the molecule is Cc1cc(C(N)=S)cc(Oc2cnn(C)c2)n1. The van der Waals surface area contributed by atoms with Crippen LogP contribution in [0.4, 0.5) is 0 Å². The highest BCUT2D eigenvalue weighted by atomic mass is 32.1. The molecule has 0 bridgehead atoms. The normalized spacial score (nSPS) is 10.2. The van der Waals surface area contributed by atoms with Crippen LogP contribution in [0.15, 0.2) is 24.5 Å². The molecule has 0 spiro atoms. The second-order valence-electron chi connectivity index (χ2n) is 3.65. The highest BCUT2D eigenvalue weighted by Crippen LogP contribution is 2.20. The fourth-order valence-electron chi connectivity index (χ4n) is 1.40. The number of ether oxygens (including phenoxy) is 1. The van der Waals surface area contributed by atoms with Gasteiger partial charge in [0.2, 0.25) is 5.88 Å². The Labute approximate surface area is 104 Å². The zero-order valence-electron chi connectivity index (χ0n) is 9.54. The summed E-state index contributed by atoms with van der Waals surface area (Å²) in [7, 11) is 1.82. The third kappa shape index (κ3) is 2.79. The van der Waals surface area contributed by atoms with Gasteiger partial charge >= 0.3 is 0 Å². The maximum Gasteiger partial charge on any atom is 0.220 e. The van der Waals surface area contributed by atoms with E-state index >= 15 is 0 Å². The highest BCUT2D eigenvalue weighted by molar-refractivity contribution is 7.80. The molecule has 6 heteroatoms. The molecule has 0 unspecified atom stereocenters. The van der Waals surface area contributed by atoms with E-state index in [0.717, 1.165) is 11.3 Å². The number of aromatic nitrogens is 3. The minimum atomic E-state index is 0.325. The van der Waals surface area contributed by atoms with E-state index in [1.807, 2.05) is 20.0 Å². The molecule has 0 radical (unpaired) electrons. The van der Waals surface area contributed by atoms with Gasteiger partial charge in [0.15, 0.2) is 5.75 Å². The Kier molecular flexibility index (Phi) is 3.06. The predicted octanol–water partition coefficient (Wildman–Crippen LogP) is 1.55. The lowest BCUT2D eigenvalue weighted by Gasteiger charge is -2.05. The number of nitrogens with two attached hydrogens (primary N) is 1. The van der Waals surface area contributed by atoms with Gasteiger partial charge in [0.25, 0.3) is 0 Å². The third-order valence-corrected chi connectivity index (χ3v) is 2.35. The zero-order chi connectivity index (χ0) is 12.4. The van der Waals surface area contributed by atoms with Crippen LogP contribution in [0.25, 0.3) is 0 Å². The molecule has 5 nitrogen and oxygen atoms in total. The van der Waals surface area contributed by atoms with Gasteiger partial charge in [-0.1, -0.05) is 12.2 Å². The first kappa shape index (κ1) is 11.5. The number of rotatable bonds is 3. The van der Waals surface area contributed by atoms with Crippen molar-refractivity contribution in [3.05, 3.63) is 35.8 Å².